The minimum atomic E-state index is -0.955. The highest BCUT2D eigenvalue weighted by atomic mass is 16.5. The van der Waals surface area contributed by atoms with E-state index >= 15 is 0 Å². The summed E-state index contributed by atoms with van der Waals surface area (Å²) in [5, 5.41) is 18.3. The molecule has 1 aliphatic rings. The van der Waals surface area contributed by atoms with Gasteiger partial charge in [-0.2, -0.15) is 5.10 Å². The Labute approximate surface area is 116 Å². The smallest absolute Gasteiger partial charge is 0.315 e. The lowest BCUT2D eigenvalue weighted by molar-refractivity contribution is -0.142. The molecule has 0 bridgehead atoms. The summed E-state index contributed by atoms with van der Waals surface area (Å²) in [6, 6.07) is -0.860. The van der Waals surface area contributed by atoms with E-state index in [4.69, 9.17) is 9.84 Å². The Morgan fingerprint density at radius 2 is 2.35 bits per heavy atom. The van der Waals surface area contributed by atoms with E-state index in [0.29, 0.717) is 13.0 Å². The molecule has 2 unspecified atom stereocenters. The predicted octanol–water partition coefficient (Wildman–Crippen LogP) is -0.639. The first-order chi connectivity index (χ1) is 9.56. The van der Waals surface area contributed by atoms with Crippen molar-refractivity contribution >= 4 is 12.0 Å². The van der Waals surface area contributed by atoms with Gasteiger partial charge in [-0.3, -0.25) is 9.48 Å². The average molecular weight is 282 g/mol. The number of amides is 2. The van der Waals surface area contributed by atoms with Crippen LogP contribution >= 0.6 is 0 Å². The molecule has 8 nitrogen and oxygen atoms in total. The summed E-state index contributed by atoms with van der Waals surface area (Å²) in [5.74, 6) is -1.64. The van der Waals surface area contributed by atoms with Gasteiger partial charge in [0.2, 0.25) is 0 Å². The lowest BCUT2D eigenvalue weighted by Crippen LogP contribution is -2.47. The summed E-state index contributed by atoms with van der Waals surface area (Å²) in [6.45, 7) is 0.825. The Balaban J connectivity index is 1.71. The van der Waals surface area contributed by atoms with E-state index < -0.39 is 17.9 Å². The van der Waals surface area contributed by atoms with Gasteiger partial charge in [0.1, 0.15) is 5.92 Å². The third-order valence-corrected chi connectivity index (χ3v) is 3.17. The molecule has 1 aliphatic heterocycles. The van der Waals surface area contributed by atoms with Crippen LogP contribution in [0.2, 0.25) is 0 Å². The van der Waals surface area contributed by atoms with Crippen molar-refractivity contribution in [1.29, 1.82) is 0 Å². The van der Waals surface area contributed by atoms with Gasteiger partial charge in [0, 0.05) is 19.8 Å². The number of carbonyl (C=O) groups is 2. The SMILES string of the molecule is Cn1cc(CCNC(=O)NC2COCC2C(=O)O)cn1. The Morgan fingerprint density at radius 3 is 3.00 bits per heavy atom. The number of nitrogens with zero attached hydrogens (tertiary/aromatic N) is 2. The number of rotatable bonds is 5. The van der Waals surface area contributed by atoms with Crippen LogP contribution in [0, 0.1) is 5.92 Å². The van der Waals surface area contributed by atoms with E-state index in [1.165, 1.54) is 0 Å². The third kappa shape index (κ3) is 3.70. The first kappa shape index (κ1) is 14.3. The van der Waals surface area contributed by atoms with E-state index in [2.05, 4.69) is 15.7 Å². The molecule has 2 rings (SSSR count). The number of hydrogen-bond acceptors (Lipinski definition) is 4. The molecule has 1 aromatic heterocycles. The van der Waals surface area contributed by atoms with Gasteiger partial charge in [0.15, 0.2) is 0 Å². The quantitative estimate of drug-likeness (QED) is 0.666. The fraction of sp³-hybridized carbons (Fsp3) is 0.583. The van der Waals surface area contributed by atoms with Crippen LogP contribution < -0.4 is 10.6 Å². The largest absolute Gasteiger partial charge is 0.481 e. The first-order valence-electron chi connectivity index (χ1n) is 6.38. The summed E-state index contributed by atoms with van der Waals surface area (Å²) in [6.07, 6.45) is 4.29. The number of ether oxygens (including phenoxy) is 1. The van der Waals surface area contributed by atoms with Gasteiger partial charge in [-0.1, -0.05) is 0 Å². The molecular formula is C12H18N4O4. The van der Waals surface area contributed by atoms with Crippen LogP contribution in [0.4, 0.5) is 4.79 Å². The van der Waals surface area contributed by atoms with E-state index in [9.17, 15) is 9.59 Å². The van der Waals surface area contributed by atoms with Crippen molar-refractivity contribution in [3.63, 3.8) is 0 Å². The summed E-state index contributed by atoms with van der Waals surface area (Å²) >= 11 is 0. The summed E-state index contributed by atoms with van der Waals surface area (Å²) in [7, 11) is 1.83. The number of carboxylic acids is 1. The van der Waals surface area contributed by atoms with Crippen molar-refractivity contribution in [2.24, 2.45) is 13.0 Å². The van der Waals surface area contributed by atoms with Crippen LogP contribution in [0.1, 0.15) is 5.56 Å². The fourth-order valence-electron chi connectivity index (χ4n) is 2.08. The van der Waals surface area contributed by atoms with Gasteiger partial charge >= 0.3 is 12.0 Å². The van der Waals surface area contributed by atoms with Gasteiger partial charge in [-0.15, -0.1) is 0 Å². The van der Waals surface area contributed by atoms with E-state index in [-0.39, 0.29) is 19.2 Å². The number of carboxylic acid groups (broad SMARTS) is 1. The van der Waals surface area contributed by atoms with Gasteiger partial charge in [-0.05, 0) is 12.0 Å². The maximum absolute atomic E-state index is 11.7. The molecule has 1 saturated heterocycles. The normalized spacial score (nSPS) is 21.6. The van der Waals surface area contributed by atoms with Gasteiger partial charge in [0.05, 0.1) is 25.5 Å². The number of hydrogen-bond donors (Lipinski definition) is 3. The summed E-state index contributed by atoms with van der Waals surface area (Å²) < 4.78 is 6.77. The van der Waals surface area contributed by atoms with Gasteiger partial charge in [0.25, 0.3) is 0 Å². The molecule has 2 atom stereocenters. The lowest BCUT2D eigenvalue weighted by Gasteiger charge is -2.16. The molecule has 1 fully saturated rings. The number of nitrogens with one attached hydrogen (secondary N) is 2. The molecule has 20 heavy (non-hydrogen) atoms. The summed E-state index contributed by atoms with van der Waals surface area (Å²) in [4.78, 5) is 22.6. The second-order valence-electron chi connectivity index (χ2n) is 4.76. The maximum atomic E-state index is 11.7. The molecule has 0 spiro atoms. The molecule has 1 aromatic rings. The second kappa shape index (κ2) is 6.38. The van der Waals surface area contributed by atoms with Crippen LogP contribution in [0.5, 0.6) is 0 Å². The minimum absolute atomic E-state index is 0.135. The highest BCUT2D eigenvalue weighted by Gasteiger charge is 2.34. The molecule has 0 aliphatic carbocycles. The zero-order valence-corrected chi connectivity index (χ0v) is 11.2. The second-order valence-corrected chi connectivity index (χ2v) is 4.76. The Kier molecular flexibility index (Phi) is 4.57. The average Bonchev–Trinajstić information content (AvgIpc) is 2.98. The first-order valence-corrected chi connectivity index (χ1v) is 6.38. The van der Waals surface area contributed by atoms with E-state index in [1.807, 2.05) is 13.2 Å². The van der Waals surface area contributed by atoms with E-state index in [0.717, 1.165) is 5.56 Å². The highest BCUT2D eigenvalue weighted by molar-refractivity contribution is 5.77. The molecule has 8 heteroatoms. The van der Waals surface area contributed by atoms with Crippen molar-refractivity contribution in [2.75, 3.05) is 19.8 Å². The maximum Gasteiger partial charge on any atom is 0.315 e. The number of aliphatic carboxylic acids is 1. The molecule has 2 heterocycles. The number of urea groups is 1. The van der Waals surface area contributed by atoms with Crippen LogP contribution in [0.25, 0.3) is 0 Å². The molecular weight excluding hydrogens is 264 g/mol. The molecule has 110 valence electrons. The van der Waals surface area contributed by atoms with Crippen LogP contribution in [0.15, 0.2) is 12.4 Å². The molecule has 3 N–H and O–H groups in total. The number of aromatic nitrogens is 2. The minimum Gasteiger partial charge on any atom is -0.481 e. The molecule has 0 aromatic carbocycles. The zero-order chi connectivity index (χ0) is 14.5. The lowest BCUT2D eigenvalue weighted by atomic mass is 10.0. The van der Waals surface area contributed by atoms with Crippen molar-refractivity contribution in [2.45, 2.75) is 12.5 Å². The van der Waals surface area contributed by atoms with Gasteiger partial charge in [-0.25, -0.2) is 4.79 Å². The molecule has 0 radical (unpaired) electrons. The van der Waals surface area contributed by atoms with E-state index in [1.54, 1.807) is 10.9 Å². The highest BCUT2D eigenvalue weighted by Crippen LogP contribution is 2.13. The Hall–Kier alpha value is -2.09. The fourth-order valence-corrected chi connectivity index (χ4v) is 2.08. The predicted molar refractivity (Wildman–Crippen MR) is 69.2 cm³/mol. The molecule has 0 saturated carbocycles. The third-order valence-electron chi connectivity index (χ3n) is 3.17. The monoisotopic (exact) mass is 282 g/mol. The number of aryl methyl sites for hydroxylation is 1. The number of carbonyl (C=O) groups excluding carboxylic acids is 1. The van der Waals surface area contributed by atoms with Crippen LogP contribution in [-0.4, -0.2) is 52.7 Å². The van der Waals surface area contributed by atoms with Crippen LogP contribution in [0.3, 0.4) is 0 Å². The standard InChI is InChI=1S/C12H18N4O4/c1-16-5-8(4-14-16)2-3-13-12(19)15-10-7-20-6-9(10)11(17)18/h4-5,9-10H,2-3,6-7H2,1H3,(H,17,18)(H2,13,15,19). The Bertz CT molecular complexity index is 488. The van der Waals surface area contributed by atoms with Crippen LogP contribution in [-0.2, 0) is 23.0 Å². The van der Waals surface area contributed by atoms with Crippen molar-refractivity contribution in [3.8, 4) is 0 Å². The Morgan fingerprint density at radius 1 is 1.55 bits per heavy atom. The summed E-state index contributed by atoms with van der Waals surface area (Å²) in [5.41, 5.74) is 1.03. The molecule has 2 amide bonds. The van der Waals surface area contributed by atoms with Crippen molar-refractivity contribution in [1.82, 2.24) is 20.4 Å². The topological polar surface area (TPSA) is 105 Å². The van der Waals surface area contributed by atoms with Gasteiger partial charge < -0.3 is 20.5 Å². The van der Waals surface area contributed by atoms with Crippen molar-refractivity contribution < 1.29 is 19.4 Å². The zero-order valence-electron chi connectivity index (χ0n) is 11.2. The van der Waals surface area contributed by atoms with Crippen molar-refractivity contribution in [3.05, 3.63) is 18.0 Å².